The number of aromatic nitrogens is 1. The lowest BCUT2D eigenvalue weighted by Crippen LogP contribution is -2.36. The van der Waals surface area contributed by atoms with Crippen molar-refractivity contribution >= 4 is 16.8 Å². The average molecular weight is 272 g/mol. The Morgan fingerprint density at radius 2 is 2.05 bits per heavy atom. The number of fused-ring (bicyclic) bond motifs is 1. The third-order valence-corrected chi connectivity index (χ3v) is 3.50. The molecule has 0 radical (unpaired) electrons. The van der Waals surface area contributed by atoms with Gasteiger partial charge in [0.1, 0.15) is 0 Å². The van der Waals surface area contributed by atoms with Crippen molar-refractivity contribution in [3.05, 3.63) is 41.1 Å². The van der Waals surface area contributed by atoms with Gasteiger partial charge in [-0.3, -0.25) is 9.78 Å². The largest absolute Gasteiger partial charge is 0.394 e. The van der Waals surface area contributed by atoms with Crippen LogP contribution >= 0.6 is 0 Å². The molecule has 20 heavy (non-hydrogen) atoms. The smallest absolute Gasteiger partial charge is 0.224 e. The molecule has 1 aromatic heterocycles. The molecule has 0 aliphatic rings. The number of carbonyl (C=O) groups is 1. The summed E-state index contributed by atoms with van der Waals surface area (Å²) in [6.45, 7) is 5.67. The maximum atomic E-state index is 12.0. The molecule has 0 spiro atoms. The van der Waals surface area contributed by atoms with E-state index in [-0.39, 0.29) is 18.6 Å². The molecule has 2 rings (SSSR count). The van der Waals surface area contributed by atoms with Gasteiger partial charge in [0.15, 0.2) is 0 Å². The zero-order valence-corrected chi connectivity index (χ0v) is 12.1. The highest BCUT2D eigenvalue weighted by Crippen LogP contribution is 2.22. The molecule has 2 aromatic rings. The lowest BCUT2D eigenvalue weighted by atomic mass is 9.99. The molecule has 0 saturated heterocycles. The first-order chi connectivity index (χ1) is 9.52. The summed E-state index contributed by atoms with van der Waals surface area (Å²) in [5.41, 5.74) is 3.90. The number of amides is 1. The Labute approximate surface area is 118 Å². The number of pyridine rings is 1. The van der Waals surface area contributed by atoms with Gasteiger partial charge in [-0.15, -0.1) is 0 Å². The van der Waals surface area contributed by atoms with E-state index in [1.165, 1.54) is 0 Å². The Balaban J connectivity index is 2.32. The summed E-state index contributed by atoms with van der Waals surface area (Å²) in [7, 11) is 0. The van der Waals surface area contributed by atoms with E-state index in [2.05, 4.69) is 10.3 Å². The molecular formula is C16H20N2O2. The number of benzene rings is 1. The first-order valence-electron chi connectivity index (χ1n) is 6.78. The fraction of sp³-hybridized carbons (Fsp3) is 0.375. The minimum atomic E-state index is -0.225. The quantitative estimate of drug-likeness (QED) is 0.893. The van der Waals surface area contributed by atoms with Gasteiger partial charge in [-0.25, -0.2) is 0 Å². The second-order valence-corrected chi connectivity index (χ2v) is 5.15. The van der Waals surface area contributed by atoms with Gasteiger partial charge >= 0.3 is 0 Å². The van der Waals surface area contributed by atoms with Crippen LogP contribution in [0.2, 0.25) is 0 Å². The van der Waals surface area contributed by atoms with Crippen LogP contribution in [0.15, 0.2) is 24.3 Å². The minimum Gasteiger partial charge on any atom is -0.394 e. The van der Waals surface area contributed by atoms with Gasteiger partial charge in [0.25, 0.3) is 0 Å². The van der Waals surface area contributed by atoms with Crippen LogP contribution in [-0.2, 0) is 11.2 Å². The molecule has 0 bridgehead atoms. The number of hydrogen-bond acceptors (Lipinski definition) is 3. The van der Waals surface area contributed by atoms with E-state index in [4.69, 9.17) is 5.11 Å². The van der Waals surface area contributed by atoms with Gasteiger partial charge < -0.3 is 10.4 Å². The third-order valence-electron chi connectivity index (χ3n) is 3.50. The lowest BCUT2D eigenvalue weighted by molar-refractivity contribution is -0.121. The highest BCUT2D eigenvalue weighted by atomic mass is 16.3. The lowest BCUT2D eigenvalue weighted by Gasteiger charge is -2.14. The van der Waals surface area contributed by atoms with Gasteiger partial charge in [-0.1, -0.05) is 18.2 Å². The summed E-state index contributed by atoms with van der Waals surface area (Å²) < 4.78 is 0. The Kier molecular flexibility index (Phi) is 4.35. The Hall–Kier alpha value is -1.94. The van der Waals surface area contributed by atoms with Crippen LogP contribution in [0.5, 0.6) is 0 Å². The Bertz CT molecular complexity index is 638. The minimum absolute atomic E-state index is 0.0559. The number of hydrogen-bond donors (Lipinski definition) is 2. The zero-order valence-electron chi connectivity index (χ0n) is 12.1. The number of carbonyl (C=O) groups excluding carboxylic acids is 1. The van der Waals surface area contributed by atoms with Crippen molar-refractivity contribution in [3.63, 3.8) is 0 Å². The molecule has 4 heteroatoms. The highest BCUT2D eigenvalue weighted by Gasteiger charge is 2.14. The maximum Gasteiger partial charge on any atom is 0.224 e. The van der Waals surface area contributed by atoms with E-state index in [0.717, 1.165) is 27.7 Å². The molecule has 0 fully saturated rings. The third kappa shape index (κ3) is 2.96. The molecule has 0 unspecified atom stereocenters. The Morgan fingerprint density at radius 1 is 1.35 bits per heavy atom. The predicted octanol–water partition coefficient (Wildman–Crippen LogP) is 1.89. The van der Waals surface area contributed by atoms with E-state index in [0.29, 0.717) is 6.42 Å². The maximum absolute atomic E-state index is 12.0. The molecule has 4 nitrogen and oxygen atoms in total. The van der Waals surface area contributed by atoms with E-state index >= 15 is 0 Å². The normalized spacial score (nSPS) is 12.4. The van der Waals surface area contributed by atoms with E-state index in [9.17, 15) is 4.79 Å². The van der Waals surface area contributed by atoms with Gasteiger partial charge in [-0.05, 0) is 38.0 Å². The van der Waals surface area contributed by atoms with E-state index < -0.39 is 0 Å². The standard InChI is InChI=1S/C16H20N2O2/c1-10(9-19)17-16(20)8-14-11(2)13-6-4-5-7-15(13)18-12(14)3/h4-7,10,19H,8-9H2,1-3H3,(H,17,20)/t10-/m0/s1. The van der Waals surface area contributed by atoms with Crippen LogP contribution in [0.3, 0.4) is 0 Å². The fourth-order valence-electron chi connectivity index (χ4n) is 2.36. The fourth-order valence-corrected chi connectivity index (χ4v) is 2.36. The Morgan fingerprint density at radius 3 is 2.75 bits per heavy atom. The van der Waals surface area contributed by atoms with Gasteiger partial charge in [0.2, 0.25) is 5.91 Å². The van der Waals surface area contributed by atoms with Gasteiger partial charge in [0, 0.05) is 17.1 Å². The average Bonchev–Trinajstić information content (AvgIpc) is 2.43. The van der Waals surface area contributed by atoms with Crippen LogP contribution in [0.1, 0.15) is 23.7 Å². The van der Waals surface area contributed by atoms with Gasteiger partial charge in [0.05, 0.1) is 18.5 Å². The van der Waals surface area contributed by atoms with Crippen molar-refractivity contribution in [3.8, 4) is 0 Å². The molecule has 1 heterocycles. The number of nitrogens with zero attached hydrogens (tertiary/aromatic N) is 1. The summed E-state index contributed by atoms with van der Waals surface area (Å²) in [5, 5.41) is 12.8. The van der Waals surface area contributed by atoms with Crippen molar-refractivity contribution < 1.29 is 9.90 Å². The SMILES string of the molecule is Cc1nc2ccccc2c(C)c1CC(=O)N[C@@H](C)CO. The van der Waals surface area contributed by atoms with Crippen molar-refractivity contribution in [2.45, 2.75) is 33.2 Å². The highest BCUT2D eigenvalue weighted by molar-refractivity contribution is 5.86. The van der Waals surface area contributed by atoms with E-state index in [1.807, 2.05) is 38.1 Å². The monoisotopic (exact) mass is 272 g/mol. The first-order valence-corrected chi connectivity index (χ1v) is 6.78. The molecule has 0 aliphatic heterocycles. The summed E-state index contributed by atoms with van der Waals surface area (Å²) >= 11 is 0. The molecule has 1 amide bonds. The van der Waals surface area contributed by atoms with Crippen LogP contribution < -0.4 is 5.32 Å². The van der Waals surface area contributed by atoms with Crippen molar-refractivity contribution in [2.24, 2.45) is 0 Å². The van der Waals surface area contributed by atoms with Crippen molar-refractivity contribution in [1.29, 1.82) is 0 Å². The number of nitrogens with one attached hydrogen (secondary N) is 1. The molecule has 0 saturated carbocycles. The second kappa shape index (κ2) is 6.01. The molecule has 0 aliphatic carbocycles. The second-order valence-electron chi connectivity index (χ2n) is 5.15. The molecule has 106 valence electrons. The van der Waals surface area contributed by atoms with Crippen LogP contribution in [-0.4, -0.2) is 28.6 Å². The number of aliphatic hydroxyl groups is 1. The predicted molar refractivity (Wildman–Crippen MR) is 79.6 cm³/mol. The number of aliphatic hydroxyl groups excluding tert-OH is 1. The number of para-hydroxylation sites is 1. The van der Waals surface area contributed by atoms with Crippen LogP contribution in [0.4, 0.5) is 0 Å². The summed E-state index contributed by atoms with van der Waals surface area (Å²) in [4.78, 5) is 16.5. The van der Waals surface area contributed by atoms with Crippen LogP contribution in [0.25, 0.3) is 10.9 Å². The summed E-state index contributed by atoms with van der Waals surface area (Å²) in [5.74, 6) is -0.0881. The van der Waals surface area contributed by atoms with Crippen LogP contribution in [0, 0.1) is 13.8 Å². The molecular weight excluding hydrogens is 252 g/mol. The van der Waals surface area contributed by atoms with Gasteiger partial charge in [-0.2, -0.15) is 0 Å². The van der Waals surface area contributed by atoms with Crippen molar-refractivity contribution in [2.75, 3.05) is 6.61 Å². The van der Waals surface area contributed by atoms with Crippen molar-refractivity contribution in [1.82, 2.24) is 10.3 Å². The molecule has 1 atom stereocenters. The number of aryl methyl sites for hydroxylation is 2. The molecule has 1 aromatic carbocycles. The topological polar surface area (TPSA) is 62.2 Å². The molecule has 2 N–H and O–H groups in total. The first kappa shape index (κ1) is 14.5. The van der Waals surface area contributed by atoms with E-state index in [1.54, 1.807) is 6.92 Å². The summed E-state index contributed by atoms with van der Waals surface area (Å²) in [6, 6.07) is 7.71. The summed E-state index contributed by atoms with van der Waals surface area (Å²) in [6.07, 6.45) is 0.292. The zero-order chi connectivity index (χ0) is 14.7. The number of rotatable bonds is 4.